The first-order valence-corrected chi connectivity index (χ1v) is 9.64. The van der Waals surface area contributed by atoms with Gasteiger partial charge in [-0.2, -0.15) is 8.42 Å². The SMILES string of the molecule is Nc1ccc([C@H](O)CNC[C@@H]2CCc3cc(S(=O)(=O)O)ccc3O2)cn1. The van der Waals surface area contributed by atoms with E-state index in [0.717, 1.165) is 5.56 Å². The zero-order chi connectivity index (χ0) is 18.7. The van der Waals surface area contributed by atoms with Gasteiger partial charge >= 0.3 is 0 Å². The lowest BCUT2D eigenvalue weighted by Gasteiger charge is -2.27. The number of nitrogens with one attached hydrogen (secondary N) is 1. The molecular weight excluding hydrogens is 358 g/mol. The molecule has 1 aliphatic rings. The van der Waals surface area contributed by atoms with Crippen molar-refractivity contribution in [1.82, 2.24) is 10.3 Å². The molecule has 2 atom stereocenters. The van der Waals surface area contributed by atoms with Crippen LogP contribution in [0.1, 0.15) is 23.7 Å². The molecule has 1 aromatic heterocycles. The van der Waals surface area contributed by atoms with Gasteiger partial charge in [-0.25, -0.2) is 4.98 Å². The number of hydrogen-bond acceptors (Lipinski definition) is 7. The van der Waals surface area contributed by atoms with Gasteiger partial charge in [0.15, 0.2) is 0 Å². The van der Waals surface area contributed by atoms with Crippen molar-refractivity contribution in [2.75, 3.05) is 18.8 Å². The van der Waals surface area contributed by atoms with Crippen LogP contribution in [0.2, 0.25) is 0 Å². The van der Waals surface area contributed by atoms with Crippen LogP contribution in [-0.2, 0) is 16.5 Å². The summed E-state index contributed by atoms with van der Waals surface area (Å²) in [5.74, 6) is 1.01. The maximum absolute atomic E-state index is 11.2. The summed E-state index contributed by atoms with van der Waals surface area (Å²) in [6.07, 6.45) is 2.11. The summed E-state index contributed by atoms with van der Waals surface area (Å²) in [7, 11) is -4.21. The second-order valence-electron chi connectivity index (χ2n) is 6.21. The highest BCUT2D eigenvalue weighted by molar-refractivity contribution is 7.85. The number of aliphatic hydroxyl groups excluding tert-OH is 1. The van der Waals surface area contributed by atoms with Crippen LogP contribution in [0.25, 0.3) is 0 Å². The van der Waals surface area contributed by atoms with Crippen molar-refractivity contribution in [2.45, 2.75) is 29.9 Å². The minimum absolute atomic E-state index is 0.0872. The van der Waals surface area contributed by atoms with Gasteiger partial charge in [0, 0.05) is 24.8 Å². The summed E-state index contributed by atoms with van der Waals surface area (Å²) in [4.78, 5) is 3.82. The Morgan fingerprint density at radius 1 is 1.35 bits per heavy atom. The minimum Gasteiger partial charge on any atom is -0.489 e. The van der Waals surface area contributed by atoms with E-state index in [9.17, 15) is 13.5 Å². The summed E-state index contributed by atoms with van der Waals surface area (Å²) >= 11 is 0. The van der Waals surface area contributed by atoms with Gasteiger partial charge in [0.05, 0.1) is 11.0 Å². The first-order chi connectivity index (χ1) is 12.3. The number of anilines is 1. The van der Waals surface area contributed by atoms with E-state index in [1.165, 1.54) is 12.1 Å². The fourth-order valence-electron chi connectivity index (χ4n) is 2.84. The Morgan fingerprint density at radius 3 is 2.85 bits per heavy atom. The van der Waals surface area contributed by atoms with Crippen LogP contribution >= 0.6 is 0 Å². The number of aromatic nitrogens is 1. The number of pyridine rings is 1. The summed E-state index contributed by atoms with van der Waals surface area (Å²) in [6, 6.07) is 7.68. The Morgan fingerprint density at radius 2 is 2.15 bits per heavy atom. The molecule has 5 N–H and O–H groups in total. The summed E-state index contributed by atoms with van der Waals surface area (Å²) in [6.45, 7) is 0.888. The first kappa shape index (κ1) is 18.6. The average Bonchev–Trinajstić information content (AvgIpc) is 2.61. The van der Waals surface area contributed by atoms with Crippen LogP contribution in [0, 0.1) is 0 Å². The lowest BCUT2D eigenvalue weighted by Crippen LogP contribution is -2.36. The molecular formula is C17H21N3O5S. The quantitative estimate of drug-likeness (QED) is 0.545. The topological polar surface area (TPSA) is 135 Å². The van der Waals surface area contributed by atoms with Crippen molar-refractivity contribution >= 4 is 15.9 Å². The van der Waals surface area contributed by atoms with E-state index in [2.05, 4.69) is 10.3 Å². The Kier molecular flexibility index (Phi) is 5.42. The van der Waals surface area contributed by atoms with Gasteiger partial charge in [-0.3, -0.25) is 4.55 Å². The molecule has 0 radical (unpaired) electrons. The largest absolute Gasteiger partial charge is 0.489 e. The van der Waals surface area contributed by atoms with Crippen molar-refractivity contribution in [1.29, 1.82) is 0 Å². The molecule has 0 amide bonds. The molecule has 2 aromatic rings. The second kappa shape index (κ2) is 7.58. The third-order valence-corrected chi connectivity index (χ3v) is 5.11. The predicted molar refractivity (Wildman–Crippen MR) is 95.5 cm³/mol. The number of aryl methyl sites for hydroxylation is 1. The molecule has 0 fully saturated rings. The third kappa shape index (κ3) is 4.50. The minimum atomic E-state index is -4.21. The highest BCUT2D eigenvalue weighted by Crippen LogP contribution is 2.29. The Hall–Kier alpha value is -2.20. The number of nitrogens with zero attached hydrogens (tertiary/aromatic N) is 1. The first-order valence-electron chi connectivity index (χ1n) is 8.20. The van der Waals surface area contributed by atoms with Crippen LogP contribution in [0.15, 0.2) is 41.4 Å². The number of rotatable bonds is 6. The maximum atomic E-state index is 11.2. The van der Waals surface area contributed by atoms with Crippen LogP contribution in [-0.4, -0.2) is 42.3 Å². The van der Waals surface area contributed by atoms with E-state index in [0.29, 0.717) is 43.1 Å². The number of benzene rings is 1. The van der Waals surface area contributed by atoms with E-state index < -0.39 is 16.2 Å². The van der Waals surface area contributed by atoms with Crippen molar-refractivity contribution in [3.8, 4) is 5.75 Å². The Bertz CT molecular complexity index is 870. The molecule has 0 unspecified atom stereocenters. The third-order valence-electron chi connectivity index (χ3n) is 4.26. The zero-order valence-corrected chi connectivity index (χ0v) is 14.8. The van der Waals surface area contributed by atoms with E-state index in [1.807, 2.05) is 0 Å². The van der Waals surface area contributed by atoms with Crippen LogP contribution in [0.3, 0.4) is 0 Å². The fraction of sp³-hybridized carbons (Fsp3) is 0.353. The van der Waals surface area contributed by atoms with Gasteiger partial charge in [0.2, 0.25) is 0 Å². The van der Waals surface area contributed by atoms with Gasteiger partial charge in [-0.05, 0) is 42.7 Å². The fourth-order valence-corrected chi connectivity index (χ4v) is 3.37. The molecule has 1 aromatic carbocycles. The van der Waals surface area contributed by atoms with Crippen molar-refractivity contribution in [2.24, 2.45) is 0 Å². The maximum Gasteiger partial charge on any atom is 0.294 e. The lowest BCUT2D eigenvalue weighted by atomic mass is 10.0. The summed E-state index contributed by atoms with van der Waals surface area (Å²) in [5.41, 5.74) is 6.96. The number of aliphatic hydroxyl groups is 1. The van der Waals surface area contributed by atoms with Crippen molar-refractivity contribution < 1.29 is 22.8 Å². The molecule has 3 rings (SSSR count). The highest BCUT2D eigenvalue weighted by Gasteiger charge is 2.22. The van der Waals surface area contributed by atoms with Crippen molar-refractivity contribution in [3.05, 3.63) is 47.7 Å². The molecule has 1 aliphatic heterocycles. The standard InChI is InChI=1S/C17H21N3O5S/c18-17-6-2-12(8-20-17)15(21)10-19-9-13-3-1-11-7-14(26(22,23)24)4-5-16(11)25-13/h2,4-8,13,15,19,21H,1,3,9-10H2,(H2,18,20)(H,22,23,24)/t13-,15+/m0/s1. The van der Waals surface area contributed by atoms with Crippen molar-refractivity contribution in [3.63, 3.8) is 0 Å². The number of nitrogen functional groups attached to an aromatic ring is 1. The monoisotopic (exact) mass is 379 g/mol. The molecule has 0 bridgehead atoms. The van der Waals surface area contributed by atoms with E-state index in [4.69, 9.17) is 15.0 Å². The number of fused-ring (bicyclic) bond motifs is 1. The molecule has 26 heavy (non-hydrogen) atoms. The normalized spacial score (nSPS) is 18.0. The van der Waals surface area contributed by atoms with E-state index in [1.54, 1.807) is 24.4 Å². The van der Waals surface area contributed by atoms with Crippen LogP contribution in [0.5, 0.6) is 5.75 Å². The van der Waals surface area contributed by atoms with Crippen LogP contribution < -0.4 is 15.8 Å². The van der Waals surface area contributed by atoms with Gasteiger partial charge in [0.1, 0.15) is 17.7 Å². The summed E-state index contributed by atoms with van der Waals surface area (Å²) < 4.78 is 37.3. The van der Waals surface area contributed by atoms with Gasteiger partial charge in [-0.15, -0.1) is 0 Å². The smallest absolute Gasteiger partial charge is 0.294 e. The molecule has 9 heteroatoms. The van der Waals surface area contributed by atoms with Crippen LogP contribution in [0.4, 0.5) is 5.82 Å². The predicted octanol–water partition coefficient (Wildman–Crippen LogP) is 0.927. The van der Waals surface area contributed by atoms with Gasteiger partial charge in [0.25, 0.3) is 10.1 Å². The highest BCUT2D eigenvalue weighted by atomic mass is 32.2. The molecule has 0 spiro atoms. The summed E-state index contributed by atoms with van der Waals surface area (Å²) in [5, 5.41) is 13.3. The Labute approximate surface area is 151 Å². The molecule has 8 nitrogen and oxygen atoms in total. The van der Waals surface area contributed by atoms with Gasteiger partial charge < -0.3 is 20.9 Å². The zero-order valence-electron chi connectivity index (χ0n) is 14.0. The molecule has 140 valence electrons. The lowest BCUT2D eigenvalue weighted by molar-refractivity contribution is 0.146. The molecule has 0 saturated heterocycles. The number of ether oxygens (including phenoxy) is 1. The molecule has 0 saturated carbocycles. The number of hydrogen-bond donors (Lipinski definition) is 4. The Balaban J connectivity index is 1.52. The molecule has 0 aliphatic carbocycles. The average molecular weight is 379 g/mol. The van der Waals surface area contributed by atoms with E-state index >= 15 is 0 Å². The van der Waals surface area contributed by atoms with E-state index in [-0.39, 0.29) is 11.0 Å². The van der Waals surface area contributed by atoms with Gasteiger partial charge in [-0.1, -0.05) is 6.07 Å². The molecule has 2 heterocycles. The second-order valence-corrected chi connectivity index (χ2v) is 7.64. The number of nitrogens with two attached hydrogens (primary N) is 1.